The first-order valence-electron chi connectivity index (χ1n) is 17.4. The Kier molecular flexibility index (Phi) is 6.93. The van der Waals surface area contributed by atoms with Crippen molar-refractivity contribution in [3.8, 4) is 11.1 Å². The van der Waals surface area contributed by atoms with Crippen molar-refractivity contribution in [1.29, 1.82) is 5.41 Å². The molecule has 1 heterocycles. The van der Waals surface area contributed by atoms with Gasteiger partial charge in [-0.05, 0) is 96.2 Å². The molecule has 0 aliphatic rings. The van der Waals surface area contributed by atoms with E-state index in [4.69, 9.17) is 0 Å². The van der Waals surface area contributed by atoms with Crippen LogP contribution < -0.4 is 4.90 Å². The number of anilines is 1. The summed E-state index contributed by atoms with van der Waals surface area (Å²) in [4.78, 5) is 2.16. The standard InChI is InChI=1S/C48H32N2S/c49-48(35-17-14-33(15-18-35)37-19-16-32-7-1-2-9-36(32)28-37)50(30-31-13-26-47-45(27-31)44-11-5-6-12-46(44)51-47)39-22-25-41-38(29-39)21-24-42-40-10-4-3-8-34(40)20-23-43(41)42/h1-29,49H,30H2. The van der Waals surface area contributed by atoms with Crippen LogP contribution in [0.5, 0.6) is 0 Å². The minimum atomic E-state index is 0.474. The topological polar surface area (TPSA) is 27.1 Å². The Morgan fingerprint density at radius 3 is 1.90 bits per heavy atom. The van der Waals surface area contributed by atoms with E-state index in [2.05, 4.69) is 181 Å². The van der Waals surface area contributed by atoms with Crippen LogP contribution in [0, 0.1) is 5.41 Å². The van der Waals surface area contributed by atoms with Crippen molar-refractivity contribution in [2.45, 2.75) is 6.54 Å². The normalized spacial score (nSPS) is 11.7. The summed E-state index contributed by atoms with van der Waals surface area (Å²) >= 11 is 1.84. The van der Waals surface area contributed by atoms with Gasteiger partial charge in [0.15, 0.2) is 0 Å². The molecule has 240 valence electrons. The quantitative estimate of drug-likeness (QED) is 0.110. The Balaban J connectivity index is 1.06. The highest BCUT2D eigenvalue weighted by Gasteiger charge is 2.18. The summed E-state index contributed by atoms with van der Waals surface area (Å²) in [5, 5.41) is 22.1. The van der Waals surface area contributed by atoms with E-state index < -0.39 is 0 Å². The fraction of sp³-hybridized carbons (Fsp3) is 0.0208. The third-order valence-electron chi connectivity index (χ3n) is 10.3. The second-order valence-electron chi connectivity index (χ2n) is 13.4. The fourth-order valence-corrected chi connectivity index (χ4v) is 8.77. The third-order valence-corrected chi connectivity index (χ3v) is 11.5. The second kappa shape index (κ2) is 11.9. The van der Waals surface area contributed by atoms with Gasteiger partial charge in [-0.25, -0.2) is 0 Å². The molecule has 0 spiro atoms. The van der Waals surface area contributed by atoms with E-state index in [9.17, 15) is 5.41 Å². The fourth-order valence-electron chi connectivity index (χ4n) is 7.68. The van der Waals surface area contributed by atoms with Gasteiger partial charge in [0.1, 0.15) is 5.84 Å². The van der Waals surface area contributed by atoms with Crippen molar-refractivity contribution in [2.24, 2.45) is 0 Å². The molecule has 0 radical (unpaired) electrons. The summed E-state index contributed by atoms with van der Waals surface area (Å²) in [6, 6.07) is 63.2. The van der Waals surface area contributed by atoms with Crippen LogP contribution in [0.1, 0.15) is 11.1 Å². The van der Waals surface area contributed by atoms with Crippen molar-refractivity contribution < 1.29 is 0 Å². The van der Waals surface area contributed by atoms with Crippen LogP contribution in [-0.4, -0.2) is 5.84 Å². The first-order chi connectivity index (χ1) is 25.2. The number of thiophene rings is 1. The average molecular weight is 669 g/mol. The minimum Gasteiger partial charge on any atom is -0.322 e. The molecule has 1 N–H and O–H groups in total. The van der Waals surface area contributed by atoms with Gasteiger partial charge in [-0.3, -0.25) is 5.41 Å². The predicted octanol–water partition coefficient (Wildman–Crippen LogP) is 13.4. The van der Waals surface area contributed by atoms with Crippen molar-refractivity contribution in [2.75, 3.05) is 4.90 Å². The number of amidine groups is 1. The van der Waals surface area contributed by atoms with Gasteiger partial charge in [0.25, 0.3) is 0 Å². The third kappa shape index (κ3) is 5.13. The van der Waals surface area contributed by atoms with Gasteiger partial charge >= 0.3 is 0 Å². The molecule has 0 atom stereocenters. The summed E-state index contributed by atoms with van der Waals surface area (Å²) in [7, 11) is 0. The highest BCUT2D eigenvalue weighted by atomic mass is 32.1. The molecule has 0 unspecified atom stereocenters. The summed E-state index contributed by atoms with van der Waals surface area (Å²) in [6.07, 6.45) is 0. The van der Waals surface area contributed by atoms with E-state index in [1.165, 1.54) is 74.4 Å². The van der Waals surface area contributed by atoms with Crippen molar-refractivity contribution >= 4 is 86.1 Å². The van der Waals surface area contributed by atoms with Gasteiger partial charge < -0.3 is 4.90 Å². The largest absolute Gasteiger partial charge is 0.322 e. The van der Waals surface area contributed by atoms with Gasteiger partial charge in [-0.15, -0.1) is 11.3 Å². The zero-order valence-electron chi connectivity index (χ0n) is 27.8. The van der Waals surface area contributed by atoms with E-state index in [-0.39, 0.29) is 0 Å². The monoisotopic (exact) mass is 668 g/mol. The van der Waals surface area contributed by atoms with E-state index in [0.717, 1.165) is 16.8 Å². The Morgan fingerprint density at radius 2 is 1.06 bits per heavy atom. The first-order valence-corrected chi connectivity index (χ1v) is 18.2. The smallest absolute Gasteiger partial charge is 0.132 e. The molecule has 0 saturated heterocycles. The molecular formula is C48H32N2S. The van der Waals surface area contributed by atoms with Crippen LogP contribution in [0.15, 0.2) is 176 Å². The van der Waals surface area contributed by atoms with Crippen LogP contribution in [0.4, 0.5) is 5.69 Å². The number of hydrogen-bond acceptors (Lipinski definition) is 2. The van der Waals surface area contributed by atoms with Gasteiger partial charge in [-0.1, -0.05) is 140 Å². The molecule has 1 aromatic heterocycles. The Hall–Kier alpha value is -6.29. The van der Waals surface area contributed by atoms with E-state index in [1.807, 2.05) is 11.3 Å². The van der Waals surface area contributed by atoms with E-state index >= 15 is 0 Å². The molecule has 0 aliphatic carbocycles. The Morgan fingerprint density at radius 1 is 0.431 bits per heavy atom. The second-order valence-corrected chi connectivity index (χ2v) is 14.4. The number of nitrogens with one attached hydrogen (secondary N) is 1. The minimum absolute atomic E-state index is 0.474. The lowest BCUT2D eigenvalue weighted by Gasteiger charge is -2.26. The predicted molar refractivity (Wildman–Crippen MR) is 221 cm³/mol. The Bertz CT molecular complexity index is 2970. The highest BCUT2D eigenvalue weighted by Crippen LogP contribution is 2.37. The van der Waals surface area contributed by atoms with Gasteiger partial charge in [0.05, 0.1) is 0 Å². The van der Waals surface area contributed by atoms with Gasteiger partial charge in [0.2, 0.25) is 0 Å². The van der Waals surface area contributed by atoms with Crippen LogP contribution >= 0.6 is 11.3 Å². The van der Waals surface area contributed by atoms with Crippen LogP contribution in [0.25, 0.3) is 74.4 Å². The molecule has 0 saturated carbocycles. The van der Waals surface area contributed by atoms with Crippen LogP contribution in [-0.2, 0) is 6.54 Å². The van der Waals surface area contributed by atoms with Crippen LogP contribution in [0.3, 0.4) is 0 Å². The molecule has 51 heavy (non-hydrogen) atoms. The molecule has 9 aromatic carbocycles. The molecule has 0 bridgehead atoms. The van der Waals surface area contributed by atoms with Crippen molar-refractivity contribution in [3.05, 3.63) is 187 Å². The summed E-state index contributed by atoms with van der Waals surface area (Å²) < 4.78 is 2.59. The summed E-state index contributed by atoms with van der Waals surface area (Å²) in [6.45, 7) is 0.578. The maximum absolute atomic E-state index is 9.68. The van der Waals surface area contributed by atoms with Crippen molar-refractivity contribution in [3.63, 3.8) is 0 Å². The zero-order valence-corrected chi connectivity index (χ0v) is 28.6. The summed E-state index contributed by atoms with van der Waals surface area (Å²) in [5.74, 6) is 0.474. The van der Waals surface area contributed by atoms with Gasteiger partial charge in [0, 0.05) is 38.0 Å². The van der Waals surface area contributed by atoms with Crippen LogP contribution in [0.2, 0.25) is 0 Å². The zero-order chi connectivity index (χ0) is 33.9. The highest BCUT2D eigenvalue weighted by molar-refractivity contribution is 7.25. The lowest BCUT2D eigenvalue weighted by Crippen LogP contribution is -2.30. The van der Waals surface area contributed by atoms with Crippen molar-refractivity contribution in [1.82, 2.24) is 0 Å². The number of hydrogen-bond donors (Lipinski definition) is 1. The lowest BCUT2D eigenvalue weighted by atomic mass is 9.96. The number of benzene rings is 9. The van der Waals surface area contributed by atoms with Gasteiger partial charge in [-0.2, -0.15) is 0 Å². The maximum atomic E-state index is 9.68. The number of nitrogens with zero attached hydrogens (tertiary/aromatic N) is 1. The SMILES string of the molecule is N=C(c1ccc(-c2ccc3ccccc3c2)cc1)N(Cc1ccc2sc3ccccc3c2c1)c1ccc2c(ccc3c4ccccc4ccc23)c1. The number of fused-ring (bicyclic) bond motifs is 9. The first kappa shape index (κ1) is 29.6. The summed E-state index contributed by atoms with van der Waals surface area (Å²) in [5.41, 5.74) is 5.38. The molecule has 3 heteroatoms. The molecule has 2 nitrogen and oxygen atoms in total. The number of rotatable bonds is 5. The van der Waals surface area contributed by atoms with E-state index in [0.29, 0.717) is 12.4 Å². The maximum Gasteiger partial charge on any atom is 0.132 e. The average Bonchev–Trinajstić information content (AvgIpc) is 3.57. The molecule has 0 aliphatic heterocycles. The molecule has 10 aromatic rings. The molecule has 0 amide bonds. The molecular weight excluding hydrogens is 637 g/mol. The molecule has 10 rings (SSSR count). The Labute approximate surface area is 300 Å². The lowest BCUT2D eigenvalue weighted by molar-refractivity contribution is 1.000. The molecule has 0 fully saturated rings. The van der Waals surface area contributed by atoms with E-state index in [1.54, 1.807) is 0 Å².